The molecular formula is C14H11BrFIO. The first kappa shape index (κ1) is 14.0. The normalized spacial score (nSPS) is 12.4. The number of benzene rings is 2. The second kappa shape index (κ2) is 6.12. The zero-order valence-electron chi connectivity index (χ0n) is 9.41. The lowest BCUT2D eigenvalue weighted by Crippen LogP contribution is -2.02. The summed E-state index contributed by atoms with van der Waals surface area (Å²) in [6.07, 6.45) is -0.123. The first-order valence-electron chi connectivity index (χ1n) is 5.44. The van der Waals surface area contributed by atoms with Crippen molar-refractivity contribution in [3.8, 4) is 0 Å². The number of hydrogen-bond acceptors (Lipinski definition) is 1. The van der Waals surface area contributed by atoms with Crippen molar-refractivity contribution in [2.24, 2.45) is 0 Å². The second-order valence-corrected chi connectivity index (χ2v) is 6.11. The molecule has 0 bridgehead atoms. The summed E-state index contributed by atoms with van der Waals surface area (Å²) >= 11 is 5.52. The van der Waals surface area contributed by atoms with Crippen LogP contribution in [-0.2, 0) is 6.42 Å². The molecule has 94 valence electrons. The zero-order chi connectivity index (χ0) is 13.1. The molecule has 1 N–H and O–H groups in total. The number of hydrogen-bond donors (Lipinski definition) is 1. The van der Waals surface area contributed by atoms with Crippen LogP contribution in [0.1, 0.15) is 17.2 Å². The Labute approximate surface area is 127 Å². The SMILES string of the molecule is OC(Cc1ccc(F)cc1Br)c1cccc(I)c1. The maximum Gasteiger partial charge on any atom is 0.124 e. The smallest absolute Gasteiger partial charge is 0.124 e. The number of halogens is 3. The van der Waals surface area contributed by atoms with Gasteiger partial charge in [-0.3, -0.25) is 0 Å². The Morgan fingerprint density at radius 2 is 2.00 bits per heavy atom. The highest BCUT2D eigenvalue weighted by atomic mass is 127. The molecule has 2 aromatic rings. The van der Waals surface area contributed by atoms with E-state index in [1.54, 1.807) is 6.07 Å². The standard InChI is InChI=1S/C14H11BrFIO/c15-13-8-11(16)5-4-9(13)7-14(18)10-2-1-3-12(17)6-10/h1-6,8,14,18H,7H2. The van der Waals surface area contributed by atoms with E-state index in [1.807, 2.05) is 24.3 Å². The predicted octanol–water partition coefficient (Wildman–Crippen LogP) is 4.47. The highest BCUT2D eigenvalue weighted by Crippen LogP contribution is 2.25. The Morgan fingerprint density at radius 3 is 2.67 bits per heavy atom. The molecule has 1 nitrogen and oxygen atoms in total. The van der Waals surface area contributed by atoms with Gasteiger partial charge in [0.05, 0.1) is 6.10 Å². The fourth-order valence-corrected chi connectivity index (χ4v) is 2.81. The molecule has 0 aliphatic carbocycles. The maximum absolute atomic E-state index is 13.0. The van der Waals surface area contributed by atoms with Crippen LogP contribution in [0.5, 0.6) is 0 Å². The largest absolute Gasteiger partial charge is 0.388 e. The minimum atomic E-state index is -0.582. The molecule has 0 aliphatic rings. The van der Waals surface area contributed by atoms with Gasteiger partial charge in [-0.2, -0.15) is 0 Å². The summed E-state index contributed by atoms with van der Waals surface area (Å²) in [4.78, 5) is 0. The minimum Gasteiger partial charge on any atom is -0.388 e. The van der Waals surface area contributed by atoms with Gasteiger partial charge in [-0.15, -0.1) is 0 Å². The Bertz CT molecular complexity index is 559. The molecule has 0 saturated heterocycles. The van der Waals surface area contributed by atoms with Gasteiger partial charge in [-0.05, 0) is 58.0 Å². The molecule has 2 aromatic carbocycles. The van der Waals surface area contributed by atoms with Gasteiger partial charge in [-0.25, -0.2) is 4.39 Å². The van der Waals surface area contributed by atoms with Crippen LogP contribution < -0.4 is 0 Å². The van der Waals surface area contributed by atoms with Crippen molar-refractivity contribution < 1.29 is 9.50 Å². The van der Waals surface area contributed by atoms with Crippen molar-refractivity contribution >= 4 is 38.5 Å². The van der Waals surface area contributed by atoms with Crippen LogP contribution in [-0.4, -0.2) is 5.11 Å². The monoisotopic (exact) mass is 420 g/mol. The van der Waals surface area contributed by atoms with Crippen LogP contribution in [0.15, 0.2) is 46.9 Å². The molecule has 0 radical (unpaired) electrons. The van der Waals surface area contributed by atoms with E-state index in [4.69, 9.17) is 0 Å². The van der Waals surface area contributed by atoms with Crippen LogP contribution in [0, 0.1) is 9.39 Å². The lowest BCUT2D eigenvalue weighted by molar-refractivity contribution is 0.178. The van der Waals surface area contributed by atoms with Crippen LogP contribution in [0.2, 0.25) is 0 Å². The minimum absolute atomic E-state index is 0.283. The van der Waals surface area contributed by atoms with Crippen molar-refractivity contribution in [2.75, 3.05) is 0 Å². The van der Waals surface area contributed by atoms with E-state index in [2.05, 4.69) is 38.5 Å². The van der Waals surface area contributed by atoms with E-state index in [0.29, 0.717) is 10.9 Å². The third-order valence-corrected chi connectivity index (χ3v) is 4.07. The lowest BCUT2D eigenvalue weighted by Gasteiger charge is -2.12. The van der Waals surface area contributed by atoms with Crippen LogP contribution in [0.25, 0.3) is 0 Å². The Hall–Kier alpha value is -0.460. The lowest BCUT2D eigenvalue weighted by atomic mass is 10.0. The summed E-state index contributed by atoms with van der Waals surface area (Å²) in [7, 11) is 0. The van der Waals surface area contributed by atoms with Gasteiger partial charge in [0, 0.05) is 14.5 Å². The molecule has 0 aromatic heterocycles. The quantitative estimate of drug-likeness (QED) is 0.726. The zero-order valence-corrected chi connectivity index (χ0v) is 13.2. The third-order valence-electron chi connectivity index (χ3n) is 2.66. The van der Waals surface area contributed by atoms with Gasteiger partial charge in [0.15, 0.2) is 0 Å². The van der Waals surface area contributed by atoms with Crippen molar-refractivity contribution in [3.05, 3.63) is 67.5 Å². The Balaban J connectivity index is 2.18. The van der Waals surface area contributed by atoms with Crippen molar-refractivity contribution in [3.63, 3.8) is 0 Å². The van der Waals surface area contributed by atoms with Gasteiger partial charge < -0.3 is 5.11 Å². The van der Waals surface area contributed by atoms with Gasteiger partial charge >= 0.3 is 0 Å². The van der Waals surface area contributed by atoms with Gasteiger partial charge in [0.1, 0.15) is 5.82 Å². The molecule has 0 heterocycles. The van der Waals surface area contributed by atoms with E-state index >= 15 is 0 Å². The molecule has 1 atom stereocenters. The molecule has 0 amide bonds. The van der Waals surface area contributed by atoms with Crippen molar-refractivity contribution in [1.29, 1.82) is 0 Å². The number of aliphatic hydroxyl groups excluding tert-OH is 1. The molecule has 0 aliphatic heterocycles. The van der Waals surface area contributed by atoms with E-state index in [1.165, 1.54) is 12.1 Å². The summed E-state index contributed by atoms with van der Waals surface area (Å²) in [6.45, 7) is 0. The van der Waals surface area contributed by atoms with E-state index in [9.17, 15) is 9.50 Å². The highest BCUT2D eigenvalue weighted by molar-refractivity contribution is 14.1. The molecule has 0 fully saturated rings. The summed E-state index contributed by atoms with van der Waals surface area (Å²) in [5, 5.41) is 10.2. The topological polar surface area (TPSA) is 20.2 Å². The first-order chi connectivity index (χ1) is 8.56. The Morgan fingerprint density at radius 1 is 1.22 bits per heavy atom. The summed E-state index contributed by atoms with van der Waals surface area (Å²) < 4.78 is 14.7. The highest BCUT2D eigenvalue weighted by Gasteiger charge is 2.11. The Kier molecular flexibility index (Phi) is 4.75. The van der Waals surface area contributed by atoms with Crippen molar-refractivity contribution in [2.45, 2.75) is 12.5 Å². The molecule has 2 rings (SSSR count). The van der Waals surface area contributed by atoms with E-state index < -0.39 is 6.10 Å². The van der Waals surface area contributed by atoms with Gasteiger partial charge in [0.25, 0.3) is 0 Å². The summed E-state index contributed by atoms with van der Waals surface area (Å²) in [5.41, 5.74) is 1.76. The van der Waals surface area contributed by atoms with Crippen molar-refractivity contribution in [1.82, 2.24) is 0 Å². The molecule has 0 spiro atoms. The molecule has 18 heavy (non-hydrogen) atoms. The first-order valence-corrected chi connectivity index (χ1v) is 7.31. The molecular weight excluding hydrogens is 410 g/mol. The summed E-state index contributed by atoms with van der Waals surface area (Å²) in [5.74, 6) is -0.283. The fourth-order valence-electron chi connectivity index (χ4n) is 1.73. The number of rotatable bonds is 3. The van der Waals surface area contributed by atoms with Crippen LogP contribution >= 0.6 is 38.5 Å². The van der Waals surface area contributed by atoms with Crippen LogP contribution in [0.4, 0.5) is 4.39 Å². The second-order valence-electron chi connectivity index (χ2n) is 4.01. The summed E-state index contributed by atoms with van der Waals surface area (Å²) in [6, 6.07) is 12.2. The molecule has 0 saturated carbocycles. The average Bonchev–Trinajstić information content (AvgIpc) is 2.32. The number of aliphatic hydroxyl groups is 1. The predicted molar refractivity (Wildman–Crippen MR) is 81.9 cm³/mol. The fraction of sp³-hybridized carbons (Fsp3) is 0.143. The molecule has 4 heteroatoms. The van der Waals surface area contributed by atoms with Gasteiger partial charge in [0.2, 0.25) is 0 Å². The van der Waals surface area contributed by atoms with Crippen LogP contribution in [0.3, 0.4) is 0 Å². The van der Waals surface area contributed by atoms with E-state index in [0.717, 1.165) is 14.7 Å². The maximum atomic E-state index is 13.0. The third kappa shape index (κ3) is 3.52. The van der Waals surface area contributed by atoms with E-state index in [-0.39, 0.29) is 5.82 Å². The average molecular weight is 421 g/mol. The molecule has 1 unspecified atom stereocenters. The van der Waals surface area contributed by atoms with Gasteiger partial charge in [-0.1, -0.05) is 34.1 Å².